The smallest absolute Gasteiger partial charge is 0.0698 e. The van der Waals surface area contributed by atoms with Crippen molar-refractivity contribution in [1.82, 2.24) is 5.06 Å². The third-order valence-corrected chi connectivity index (χ3v) is 2.34. The molecule has 0 aromatic carbocycles. The predicted molar refractivity (Wildman–Crippen MR) is 38.3 cm³/mol. The molecule has 2 N–H and O–H groups in total. The van der Waals surface area contributed by atoms with E-state index in [1.807, 2.05) is 0 Å². The molecule has 0 aromatic heterocycles. The topological polar surface area (TPSA) is 38.5 Å². The Morgan fingerprint density at radius 2 is 2.20 bits per heavy atom. The van der Waals surface area contributed by atoms with Crippen molar-refractivity contribution in [2.45, 2.75) is 31.3 Å². The molecule has 2 rings (SSSR count). The van der Waals surface area contributed by atoms with Gasteiger partial charge >= 0.3 is 0 Å². The number of rotatable bonds is 1. The van der Waals surface area contributed by atoms with Crippen LogP contribution >= 0.6 is 0 Å². The molecule has 3 heteroatoms. The Labute approximate surface area is 61.1 Å². The van der Waals surface area contributed by atoms with Gasteiger partial charge in [-0.1, -0.05) is 0 Å². The lowest BCUT2D eigenvalue weighted by atomic mass is 9.87. The van der Waals surface area contributed by atoms with Crippen LogP contribution < -0.4 is 5.73 Å². The molecule has 0 amide bonds. The van der Waals surface area contributed by atoms with Crippen LogP contribution in [0.1, 0.15) is 19.3 Å². The summed E-state index contributed by atoms with van der Waals surface area (Å²) in [5.74, 6) is 0. The van der Waals surface area contributed by atoms with Crippen LogP contribution in [0.2, 0.25) is 0 Å². The minimum Gasteiger partial charge on any atom is -0.328 e. The molecule has 2 fully saturated rings. The summed E-state index contributed by atoms with van der Waals surface area (Å²) in [5.41, 5.74) is 5.65. The van der Waals surface area contributed by atoms with Crippen molar-refractivity contribution in [2.75, 3.05) is 13.2 Å². The fourth-order valence-corrected chi connectivity index (χ4v) is 1.62. The van der Waals surface area contributed by atoms with E-state index in [4.69, 9.17) is 10.6 Å². The van der Waals surface area contributed by atoms with Gasteiger partial charge in [0.1, 0.15) is 0 Å². The summed E-state index contributed by atoms with van der Waals surface area (Å²) >= 11 is 0. The van der Waals surface area contributed by atoms with Gasteiger partial charge in [-0.05, 0) is 19.3 Å². The summed E-state index contributed by atoms with van der Waals surface area (Å²) in [5, 5.41) is 2.10. The highest BCUT2D eigenvalue weighted by Gasteiger charge is 2.33. The predicted octanol–water partition coefficient (Wildman–Crippen LogP) is 0.113. The standard InChI is InChI=1S/C7H14N2O/c8-6-4-7(5-6)9-2-1-3-10-9/h6-7H,1-5,8H2. The Morgan fingerprint density at radius 3 is 2.70 bits per heavy atom. The molecule has 0 aromatic rings. The van der Waals surface area contributed by atoms with Crippen LogP contribution in [0, 0.1) is 0 Å². The van der Waals surface area contributed by atoms with E-state index in [-0.39, 0.29) is 0 Å². The lowest BCUT2D eigenvalue weighted by Crippen LogP contribution is -2.49. The average molecular weight is 142 g/mol. The quantitative estimate of drug-likeness (QED) is 0.565. The van der Waals surface area contributed by atoms with Crippen molar-refractivity contribution in [3.63, 3.8) is 0 Å². The van der Waals surface area contributed by atoms with E-state index in [1.54, 1.807) is 0 Å². The molecule has 0 spiro atoms. The minimum absolute atomic E-state index is 0.439. The molecular formula is C7H14N2O. The van der Waals surface area contributed by atoms with E-state index in [2.05, 4.69) is 5.06 Å². The molecule has 2 aliphatic rings. The number of nitrogens with zero attached hydrogens (tertiary/aromatic N) is 1. The van der Waals surface area contributed by atoms with Crippen molar-refractivity contribution in [2.24, 2.45) is 5.73 Å². The Balaban J connectivity index is 1.78. The van der Waals surface area contributed by atoms with Gasteiger partial charge in [0.05, 0.1) is 6.61 Å². The van der Waals surface area contributed by atoms with Gasteiger partial charge in [0, 0.05) is 18.6 Å². The molecule has 0 bridgehead atoms. The van der Waals surface area contributed by atoms with Crippen molar-refractivity contribution >= 4 is 0 Å². The van der Waals surface area contributed by atoms with Gasteiger partial charge in [-0.3, -0.25) is 4.84 Å². The third kappa shape index (κ3) is 1.05. The van der Waals surface area contributed by atoms with E-state index < -0.39 is 0 Å². The molecule has 1 saturated carbocycles. The van der Waals surface area contributed by atoms with Crippen LogP contribution in [0.15, 0.2) is 0 Å². The lowest BCUT2D eigenvalue weighted by Gasteiger charge is -2.37. The highest BCUT2D eigenvalue weighted by atomic mass is 16.7. The largest absolute Gasteiger partial charge is 0.328 e. The second kappa shape index (κ2) is 2.49. The minimum atomic E-state index is 0.439. The Morgan fingerprint density at radius 1 is 1.40 bits per heavy atom. The van der Waals surface area contributed by atoms with Crippen LogP contribution in [0.5, 0.6) is 0 Å². The van der Waals surface area contributed by atoms with Crippen LogP contribution in [0.4, 0.5) is 0 Å². The summed E-state index contributed by atoms with van der Waals surface area (Å²) in [7, 11) is 0. The van der Waals surface area contributed by atoms with E-state index in [1.165, 1.54) is 6.42 Å². The van der Waals surface area contributed by atoms with Crippen molar-refractivity contribution in [1.29, 1.82) is 0 Å². The number of hydrogen-bond donors (Lipinski definition) is 1. The van der Waals surface area contributed by atoms with Gasteiger partial charge in [0.2, 0.25) is 0 Å². The average Bonchev–Trinajstić information content (AvgIpc) is 2.31. The fourth-order valence-electron chi connectivity index (χ4n) is 1.62. The Hall–Kier alpha value is -0.120. The number of hydrogen-bond acceptors (Lipinski definition) is 3. The Kier molecular flexibility index (Phi) is 1.64. The SMILES string of the molecule is NC1CC(N2CCCO2)C1. The normalized spacial score (nSPS) is 41.7. The van der Waals surface area contributed by atoms with Gasteiger partial charge in [0.25, 0.3) is 0 Å². The molecule has 0 atom stereocenters. The molecule has 1 heterocycles. The van der Waals surface area contributed by atoms with E-state index >= 15 is 0 Å². The van der Waals surface area contributed by atoms with Gasteiger partial charge in [-0.25, -0.2) is 0 Å². The van der Waals surface area contributed by atoms with Crippen molar-refractivity contribution < 1.29 is 4.84 Å². The second-order valence-corrected chi connectivity index (χ2v) is 3.21. The highest BCUT2D eigenvalue weighted by Crippen LogP contribution is 2.26. The van der Waals surface area contributed by atoms with Crippen LogP contribution in [0.25, 0.3) is 0 Å². The van der Waals surface area contributed by atoms with Gasteiger partial charge in [-0.2, -0.15) is 5.06 Å². The molecule has 0 radical (unpaired) electrons. The fraction of sp³-hybridized carbons (Fsp3) is 1.00. The molecule has 10 heavy (non-hydrogen) atoms. The van der Waals surface area contributed by atoms with Gasteiger partial charge < -0.3 is 5.73 Å². The van der Waals surface area contributed by atoms with Crippen molar-refractivity contribution in [3.8, 4) is 0 Å². The molecule has 1 aliphatic heterocycles. The zero-order chi connectivity index (χ0) is 6.97. The zero-order valence-electron chi connectivity index (χ0n) is 6.12. The molecular weight excluding hydrogens is 128 g/mol. The summed E-state index contributed by atoms with van der Waals surface area (Å²) < 4.78 is 0. The molecule has 1 aliphatic carbocycles. The lowest BCUT2D eigenvalue weighted by molar-refractivity contribution is -0.161. The summed E-state index contributed by atoms with van der Waals surface area (Å²) in [6.07, 6.45) is 3.44. The monoisotopic (exact) mass is 142 g/mol. The first-order valence-electron chi connectivity index (χ1n) is 4.01. The summed E-state index contributed by atoms with van der Waals surface area (Å²) in [6.45, 7) is 2.02. The first kappa shape index (κ1) is 6.58. The van der Waals surface area contributed by atoms with Gasteiger partial charge in [-0.15, -0.1) is 0 Å². The van der Waals surface area contributed by atoms with E-state index in [9.17, 15) is 0 Å². The molecule has 0 unspecified atom stereocenters. The van der Waals surface area contributed by atoms with E-state index in [0.29, 0.717) is 12.1 Å². The molecule has 1 saturated heterocycles. The summed E-state index contributed by atoms with van der Waals surface area (Å²) in [4.78, 5) is 5.38. The number of nitrogens with two attached hydrogens (primary N) is 1. The first-order chi connectivity index (χ1) is 4.86. The molecule has 58 valence electrons. The number of hydroxylamine groups is 2. The van der Waals surface area contributed by atoms with Crippen LogP contribution in [0.3, 0.4) is 0 Å². The zero-order valence-corrected chi connectivity index (χ0v) is 6.12. The first-order valence-corrected chi connectivity index (χ1v) is 4.01. The molecule has 3 nitrogen and oxygen atoms in total. The summed E-state index contributed by atoms with van der Waals surface area (Å²) in [6, 6.07) is 1.08. The van der Waals surface area contributed by atoms with Gasteiger partial charge in [0.15, 0.2) is 0 Å². The maximum Gasteiger partial charge on any atom is 0.0698 e. The second-order valence-electron chi connectivity index (χ2n) is 3.21. The third-order valence-electron chi connectivity index (χ3n) is 2.34. The maximum atomic E-state index is 5.65. The van der Waals surface area contributed by atoms with Crippen molar-refractivity contribution in [3.05, 3.63) is 0 Å². The van der Waals surface area contributed by atoms with Crippen LogP contribution in [-0.4, -0.2) is 30.3 Å². The Bertz CT molecular complexity index is 117. The highest BCUT2D eigenvalue weighted by molar-refractivity contribution is 4.87. The van der Waals surface area contributed by atoms with Crippen LogP contribution in [-0.2, 0) is 4.84 Å². The van der Waals surface area contributed by atoms with E-state index in [0.717, 1.165) is 26.0 Å². The maximum absolute atomic E-state index is 5.65.